The fourth-order valence-corrected chi connectivity index (χ4v) is 3.07. The summed E-state index contributed by atoms with van der Waals surface area (Å²) in [5.41, 5.74) is 1.23. The van der Waals surface area contributed by atoms with Crippen LogP contribution >= 0.6 is 23.2 Å². The Kier molecular flexibility index (Phi) is 4.96. The van der Waals surface area contributed by atoms with Gasteiger partial charge < -0.3 is 15.7 Å². The van der Waals surface area contributed by atoms with Crippen LogP contribution < -0.4 is 10.6 Å². The highest BCUT2D eigenvalue weighted by Crippen LogP contribution is 2.39. The number of hydrogen-bond acceptors (Lipinski definition) is 3. The second kappa shape index (κ2) is 6.54. The summed E-state index contributed by atoms with van der Waals surface area (Å²) in [4.78, 5) is 23.1. The average Bonchev–Trinajstić information content (AvgIpc) is 2.37. The first-order valence-corrected chi connectivity index (χ1v) is 7.45. The number of carbonyl (C=O) groups is 2. The van der Waals surface area contributed by atoms with Crippen LogP contribution in [0.2, 0.25) is 10.0 Å². The minimum Gasteiger partial charge on any atom is -0.480 e. The second-order valence-corrected chi connectivity index (χ2v) is 5.83. The minimum absolute atomic E-state index is 0.120. The molecule has 0 fully saturated rings. The quantitative estimate of drug-likeness (QED) is 0.792. The largest absolute Gasteiger partial charge is 0.480 e. The number of benzene rings is 1. The van der Waals surface area contributed by atoms with Gasteiger partial charge in [0.2, 0.25) is 5.91 Å². The lowest BCUT2D eigenvalue weighted by Gasteiger charge is -2.32. The molecule has 1 aliphatic rings. The minimum atomic E-state index is -0.980. The number of halogens is 2. The van der Waals surface area contributed by atoms with Crippen molar-refractivity contribution in [2.45, 2.75) is 38.3 Å². The smallest absolute Gasteiger partial charge is 0.326 e. The molecule has 2 atom stereocenters. The molecule has 1 aliphatic heterocycles. The molecule has 0 aliphatic carbocycles. The summed E-state index contributed by atoms with van der Waals surface area (Å²) in [6.07, 6.45) is 1.35. The summed E-state index contributed by atoms with van der Waals surface area (Å²) in [5, 5.41) is 15.8. The lowest BCUT2D eigenvalue weighted by atomic mass is 9.92. The Morgan fingerprint density at radius 2 is 2.14 bits per heavy atom. The van der Waals surface area contributed by atoms with Crippen LogP contribution in [0.15, 0.2) is 12.1 Å². The Labute approximate surface area is 132 Å². The van der Waals surface area contributed by atoms with Crippen molar-refractivity contribution in [3.63, 3.8) is 0 Å². The van der Waals surface area contributed by atoms with E-state index in [-0.39, 0.29) is 12.3 Å². The fourth-order valence-electron chi connectivity index (χ4n) is 2.45. The van der Waals surface area contributed by atoms with Gasteiger partial charge in [0.15, 0.2) is 0 Å². The third-order valence-corrected chi connectivity index (χ3v) is 3.89. The van der Waals surface area contributed by atoms with Crippen LogP contribution in [-0.2, 0) is 9.59 Å². The van der Waals surface area contributed by atoms with E-state index in [1.807, 2.05) is 6.92 Å². The number of carboxylic acids is 1. The molecule has 2 rings (SSSR count). The van der Waals surface area contributed by atoms with Gasteiger partial charge in [-0.05, 0) is 18.6 Å². The van der Waals surface area contributed by atoms with Crippen LogP contribution in [0.4, 0.5) is 5.69 Å². The maximum atomic E-state index is 11.8. The standard InChI is InChI=1S/C14H16Cl2N2O3/c1-2-3-12(19)18-10-6-11(14(20)21)17-9-5-7(15)4-8(16)13(9)10/h4-5,10-11,17H,2-3,6H2,1H3,(H,18,19)(H,20,21). The van der Waals surface area contributed by atoms with Crippen LogP contribution in [0.5, 0.6) is 0 Å². The summed E-state index contributed by atoms with van der Waals surface area (Å²) in [5.74, 6) is -1.10. The Morgan fingerprint density at radius 1 is 1.43 bits per heavy atom. The number of carbonyl (C=O) groups excluding carboxylic acids is 1. The molecule has 0 saturated heterocycles. The van der Waals surface area contributed by atoms with Gasteiger partial charge in [-0.3, -0.25) is 4.79 Å². The number of carboxylic acid groups (broad SMARTS) is 1. The zero-order valence-corrected chi connectivity index (χ0v) is 13.0. The molecule has 21 heavy (non-hydrogen) atoms. The van der Waals surface area contributed by atoms with Crippen LogP contribution in [0.25, 0.3) is 0 Å². The monoisotopic (exact) mass is 330 g/mol. The molecule has 2 unspecified atom stereocenters. The van der Waals surface area contributed by atoms with Gasteiger partial charge in [0, 0.05) is 34.1 Å². The predicted molar refractivity (Wildman–Crippen MR) is 81.9 cm³/mol. The molecule has 5 nitrogen and oxygen atoms in total. The molecule has 1 amide bonds. The molecular formula is C14H16Cl2N2O3. The molecular weight excluding hydrogens is 315 g/mol. The zero-order valence-electron chi connectivity index (χ0n) is 11.5. The molecule has 0 saturated carbocycles. The molecule has 0 spiro atoms. The summed E-state index contributed by atoms with van der Waals surface area (Å²) in [7, 11) is 0. The molecule has 0 bridgehead atoms. The van der Waals surface area contributed by atoms with Crippen molar-refractivity contribution in [2.24, 2.45) is 0 Å². The highest BCUT2D eigenvalue weighted by molar-refractivity contribution is 6.35. The van der Waals surface area contributed by atoms with Crippen molar-refractivity contribution in [2.75, 3.05) is 5.32 Å². The van der Waals surface area contributed by atoms with Gasteiger partial charge in [0.05, 0.1) is 6.04 Å². The fraction of sp³-hybridized carbons (Fsp3) is 0.429. The zero-order chi connectivity index (χ0) is 15.6. The number of nitrogens with one attached hydrogen (secondary N) is 2. The number of amides is 1. The summed E-state index contributed by atoms with van der Waals surface area (Å²) in [6, 6.07) is 1.98. The Balaban J connectivity index is 2.36. The van der Waals surface area contributed by atoms with Crippen molar-refractivity contribution in [3.8, 4) is 0 Å². The predicted octanol–water partition coefficient (Wildman–Crippen LogP) is 3.22. The third-order valence-electron chi connectivity index (χ3n) is 3.35. The molecule has 1 heterocycles. The van der Waals surface area contributed by atoms with E-state index < -0.39 is 18.1 Å². The first-order chi connectivity index (χ1) is 9.92. The highest BCUT2D eigenvalue weighted by atomic mass is 35.5. The Hall–Kier alpha value is -1.46. The maximum Gasteiger partial charge on any atom is 0.326 e. The molecule has 0 aromatic heterocycles. The van der Waals surface area contributed by atoms with E-state index in [4.69, 9.17) is 23.2 Å². The first-order valence-electron chi connectivity index (χ1n) is 6.70. The lowest BCUT2D eigenvalue weighted by Crippen LogP contribution is -2.41. The van der Waals surface area contributed by atoms with E-state index >= 15 is 0 Å². The maximum absolute atomic E-state index is 11.8. The van der Waals surface area contributed by atoms with Gasteiger partial charge in [-0.15, -0.1) is 0 Å². The van der Waals surface area contributed by atoms with Crippen molar-refractivity contribution >= 4 is 40.8 Å². The Morgan fingerprint density at radius 3 is 2.76 bits per heavy atom. The van der Waals surface area contributed by atoms with E-state index in [2.05, 4.69) is 10.6 Å². The normalized spacial score (nSPS) is 20.3. The molecule has 0 radical (unpaired) electrons. The second-order valence-electron chi connectivity index (χ2n) is 4.99. The van der Waals surface area contributed by atoms with Crippen LogP contribution in [0, 0.1) is 0 Å². The molecule has 1 aromatic rings. The Bertz CT molecular complexity index is 578. The van der Waals surface area contributed by atoms with E-state index in [0.29, 0.717) is 27.7 Å². The van der Waals surface area contributed by atoms with Crippen molar-refractivity contribution in [3.05, 3.63) is 27.7 Å². The van der Waals surface area contributed by atoms with E-state index in [1.165, 1.54) is 0 Å². The van der Waals surface area contributed by atoms with Crippen molar-refractivity contribution < 1.29 is 14.7 Å². The topological polar surface area (TPSA) is 78.4 Å². The highest BCUT2D eigenvalue weighted by Gasteiger charge is 2.33. The summed E-state index contributed by atoms with van der Waals surface area (Å²) < 4.78 is 0. The molecule has 7 heteroatoms. The van der Waals surface area contributed by atoms with Crippen LogP contribution in [0.1, 0.15) is 37.8 Å². The van der Waals surface area contributed by atoms with Gasteiger partial charge in [-0.1, -0.05) is 30.1 Å². The van der Waals surface area contributed by atoms with Gasteiger partial charge in [0.1, 0.15) is 6.04 Å². The van der Waals surface area contributed by atoms with Gasteiger partial charge in [-0.2, -0.15) is 0 Å². The van der Waals surface area contributed by atoms with E-state index in [9.17, 15) is 14.7 Å². The van der Waals surface area contributed by atoms with Crippen LogP contribution in [-0.4, -0.2) is 23.0 Å². The van der Waals surface area contributed by atoms with Crippen molar-refractivity contribution in [1.29, 1.82) is 0 Å². The van der Waals surface area contributed by atoms with Crippen molar-refractivity contribution in [1.82, 2.24) is 5.32 Å². The number of aliphatic carboxylic acids is 1. The van der Waals surface area contributed by atoms with Crippen LogP contribution in [0.3, 0.4) is 0 Å². The number of anilines is 1. The van der Waals surface area contributed by atoms with E-state index in [0.717, 1.165) is 6.42 Å². The first kappa shape index (κ1) is 15.9. The van der Waals surface area contributed by atoms with E-state index in [1.54, 1.807) is 12.1 Å². The molecule has 114 valence electrons. The van der Waals surface area contributed by atoms with Gasteiger partial charge in [0.25, 0.3) is 0 Å². The lowest BCUT2D eigenvalue weighted by molar-refractivity contribution is -0.138. The number of rotatable bonds is 4. The summed E-state index contributed by atoms with van der Waals surface area (Å²) >= 11 is 12.2. The molecule has 1 aromatic carbocycles. The molecule has 3 N–H and O–H groups in total. The third kappa shape index (κ3) is 3.60. The van der Waals surface area contributed by atoms with Gasteiger partial charge in [-0.25, -0.2) is 4.79 Å². The summed E-state index contributed by atoms with van der Waals surface area (Å²) in [6.45, 7) is 1.91. The van der Waals surface area contributed by atoms with Gasteiger partial charge >= 0.3 is 5.97 Å². The SMILES string of the molecule is CCCC(=O)NC1CC(C(=O)O)Nc2cc(Cl)cc(Cl)c21. The number of fused-ring (bicyclic) bond motifs is 1. The average molecular weight is 331 g/mol. The number of hydrogen-bond donors (Lipinski definition) is 3.